The van der Waals surface area contributed by atoms with Gasteiger partial charge in [-0.1, -0.05) is 12.1 Å². The Morgan fingerprint density at radius 3 is 2.94 bits per heavy atom. The molecular weight excluding hydrogens is 210 g/mol. The maximum atomic E-state index is 5.21. The number of terminal acetylenes is 1. The predicted octanol–water partition coefficient (Wildman–Crippen LogP) is 2.79. The van der Waals surface area contributed by atoms with Crippen LogP contribution in [-0.4, -0.2) is 16.1 Å². The van der Waals surface area contributed by atoms with Crippen molar-refractivity contribution >= 4 is 17.0 Å². The number of aryl methyl sites for hydroxylation is 1. The molecule has 0 fully saturated rings. The number of nitrogens with one attached hydrogen (secondary N) is 1. The first kappa shape index (κ1) is 11.5. The normalized spacial score (nSPS) is 10.4. The average Bonchev–Trinajstić information content (AvgIpc) is 2.67. The van der Waals surface area contributed by atoms with Crippen molar-refractivity contribution in [2.24, 2.45) is 7.05 Å². The van der Waals surface area contributed by atoms with E-state index in [0.29, 0.717) is 0 Å². The Kier molecular flexibility index (Phi) is 3.66. The standard InChI is InChI=1S/C14H17N3/c1-3-4-5-8-11-15-14-16-12-9-6-7-10-13(12)17(14)2/h1,6-7,9-10H,4-5,8,11H2,2H3,(H,15,16). The highest BCUT2D eigenvalue weighted by Gasteiger charge is 2.05. The van der Waals surface area contributed by atoms with Gasteiger partial charge in [-0.25, -0.2) is 4.98 Å². The second-order valence-electron chi connectivity index (χ2n) is 4.07. The summed E-state index contributed by atoms with van der Waals surface area (Å²) < 4.78 is 2.08. The van der Waals surface area contributed by atoms with E-state index in [1.54, 1.807) is 0 Å². The number of anilines is 1. The lowest BCUT2D eigenvalue weighted by Gasteiger charge is -2.05. The van der Waals surface area contributed by atoms with Gasteiger partial charge in [0, 0.05) is 20.0 Å². The van der Waals surface area contributed by atoms with Crippen LogP contribution in [-0.2, 0) is 7.05 Å². The van der Waals surface area contributed by atoms with Crippen LogP contribution < -0.4 is 5.32 Å². The number of nitrogens with zero attached hydrogens (tertiary/aromatic N) is 2. The van der Waals surface area contributed by atoms with E-state index in [9.17, 15) is 0 Å². The summed E-state index contributed by atoms with van der Waals surface area (Å²) in [5.74, 6) is 3.57. The van der Waals surface area contributed by atoms with Gasteiger partial charge in [-0.2, -0.15) is 0 Å². The number of para-hydroxylation sites is 2. The Labute approximate surface area is 102 Å². The number of rotatable bonds is 5. The minimum atomic E-state index is 0.851. The summed E-state index contributed by atoms with van der Waals surface area (Å²) in [6, 6.07) is 8.14. The van der Waals surface area contributed by atoms with Crippen molar-refractivity contribution in [2.45, 2.75) is 19.3 Å². The highest BCUT2D eigenvalue weighted by molar-refractivity contribution is 5.78. The van der Waals surface area contributed by atoms with Gasteiger partial charge in [0.2, 0.25) is 5.95 Å². The van der Waals surface area contributed by atoms with Gasteiger partial charge < -0.3 is 9.88 Å². The molecule has 3 nitrogen and oxygen atoms in total. The molecule has 0 aliphatic heterocycles. The molecular formula is C14H17N3. The van der Waals surface area contributed by atoms with Crippen molar-refractivity contribution in [1.82, 2.24) is 9.55 Å². The molecule has 17 heavy (non-hydrogen) atoms. The Bertz CT molecular complexity index is 534. The third-order valence-corrected chi connectivity index (χ3v) is 2.82. The molecule has 0 spiro atoms. The second-order valence-corrected chi connectivity index (χ2v) is 4.07. The van der Waals surface area contributed by atoms with Gasteiger partial charge >= 0.3 is 0 Å². The topological polar surface area (TPSA) is 29.9 Å². The number of fused-ring (bicyclic) bond motifs is 1. The highest BCUT2D eigenvalue weighted by atomic mass is 15.2. The van der Waals surface area contributed by atoms with Crippen LogP contribution in [0, 0.1) is 12.3 Å². The van der Waals surface area contributed by atoms with E-state index >= 15 is 0 Å². The van der Waals surface area contributed by atoms with Crippen LogP contribution in [0.4, 0.5) is 5.95 Å². The van der Waals surface area contributed by atoms with Crippen molar-refractivity contribution < 1.29 is 0 Å². The van der Waals surface area contributed by atoms with Gasteiger partial charge in [0.15, 0.2) is 0 Å². The molecule has 88 valence electrons. The largest absolute Gasteiger partial charge is 0.356 e. The van der Waals surface area contributed by atoms with E-state index < -0.39 is 0 Å². The smallest absolute Gasteiger partial charge is 0.203 e. The summed E-state index contributed by atoms with van der Waals surface area (Å²) in [7, 11) is 2.03. The number of benzene rings is 1. The highest BCUT2D eigenvalue weighted by Crippen LogP contribution is 2.17. The van der Waals surface area contributed by atoms with Gasteiger partial charge in [-0.3, -0.25) is 0 Å². The molecule has 0 saturated heterocycles. The zero-order valence-corrected chi connectivity index (χ0v) is 10.1. The fourth-order valence-electron chi connectivity index (χ4n) is 1.86. The maximum Gasteiger partial charge on any atom is 0.203 e. The van der Waals surface area contributed by atoms with E-state index in [-0.39, 0.29) is 0 Å². The van der Waals surface area contributed by atoms with Gasteiger partial charge in [0.1, 0.15) is 0 Å². The van der Waals surface area contributed by atoms with Crippen molar-refractivity contribution in [1.29, 1.82) is 0 Å². The fourth-order valence-corrected chi connectivity index (χ4v) is 1.86. The third kappa shape index (κ3) is 2.59. The average molecular weight is 227 g/mol. The van der Waals surface area contributed by atoms with E-state index in [1.807, 2.05) is 25.2 Å². The number of hydrogen-bond acceptors (Lipinski definition) is 2. The SMILES string of the molecule is C#CCCCCNc1nc2ccccc2n1C. The fraction of sp³-hybridized carbons (Fsp3) is 0.357. The summed E-state index contributed by atoms with van der Waals surface area (Å²) >= 11 is 0. The number of aromatic nitrogens is 2. The number of unbranched alkanes of at least 4 members (excludes halogenated alkanes) is 2. The van der Waals surface area contributed by atoms with Crippen LogP contribution >= 0.6 is 0 Å². The molecule has 0 unspecified atom stereocenters. The van der Waals surface area contributed by atoms with E-state index in [0.717, 1.165) is 42.8 Å². The minimum Gasteiger partial charge on any atom is -0.356 e. The van der Waals surface area contributed by atoms with Crippen molar-refractivity contribution in [3.63, 3.8) is 0 Å². The van der Waals surface area contributed by atoms with Crippen LogP contribution in [0.1, 0.15) is 19.3 Å². The molecule has 1 aromatic heterocycles. The van der Waals surface area contributed by atoms with Gasteiger partial charge in [0.05, 0.1) is 11.0 Å². The summed E-state index contributed by atoms with van der Waals surface area (Å²) in [6.07, 6.45) is 8.20. The molecule has 1 heterocycles. The molecule has 1 N–H and O–H groups in total. The van der Waals surface area contributed by atoms with Gasteiger partial charge in [-0.15, -0.1) is 12.3 Å². The van der Waals surface area contributed by atoms with Crippen LogP contribution in [0.2, 0.25) is 0 Å². The monoisotopic (exact) mass is 227 g/mol. The Hall–Kier alpha value is -1.95. The summed E-state index contributed by atoms with van der Waals surface area (Å²) in [4.78, 5) is 4.54. The molecule has 0 aliphatic rings. The number of hydrogen-bond donors (Lipinski definition) is 1. The van der Waals surface area contributed by atoms with Gasteiger partial charge in [-0.05, 0) is 25.0 Å². The van der Waals surface area contributed by atoms with E-state index in [2.05, 4.69) is 26.9 Å². The van der Waals surface area contributed by atoms with Crippen molar-refractivity contribution in [2.75, 3.05) is 11.9 Å². The Balaban J connectivity index is 1.99. The van der Waals surface area contributed by atoms with Crippen molar-refractivity contribution in [3.8, 4) is 12.3 Å². The van der Waals surface area contributed by atoms with Crippen LogP contribution in [0.25, 0.3) is 11.0 Å². The quantitative estimate of drug-likeness (QED) is 0.628. The maximum absolute atomic E-state index is 5.21. The molecule has 1 aromatic carbocycles. The first-order valence-electron chi connectivity index (χ1n) is 5.91. The molecule has 0 saturated carbocycles. The number of imidazole rings is 1. The van der Waals surface area contributed by atoms with E-state index in [4.69, 9.17) is 6.42 Å². The van der Waals surface area contributed by atoms with Crippen LogP contribution in [0.5, 0.6) is 0 Å². The van der Waals surface area contributed by atoms with Crippen molar-refractivity contribution in [3.05, 3.63) is 24.3 Å². The lowest BCUT2D eigenvalue weighted by molar-refractivity contribution is 0.778. The van der Waals surface area contributed by atoms with Gasteiger partial charge in [0.25, 0.3) is 0 Å². The molecule has 2 rings (SSSR count). The molecule has 2 aromatic rings. The Morgan fingerprint density at radius 2 is 2.18 bits per heavy atom. The first-order chi connectivity index (χ1) is 8.33. The first-order valence-corrected chi connectivity index (χ1v) is 5.91. The van der Waals surface area contributed by atoms with E-state index in [1.165, 1.54) is 0 Å². The Morgan fingerprint density at radius 1 is 1.35 bits per heavy atom. The zero-order chi connectivity index (χ0) is 12.1. The molecule has 0 radical (unpaired) electrons. The minimum absolute atomic E-state index is 0.851. The second kappa shape index (κ2) is 5.40. The predicted molar refractivity (Wildman–Crippen MR) is 71.9 cm³/mol. The lowest BCUT2D eigenvalue weighted by atomic mass is 10.2. The molecule has 0 bridgehead atoms. The zero-order valence-electron chi connectivity index (χ0n) is 10.1. The summed E-state index contributed by atoms with van der Waals surface area (Å²) in [5.41, 5.74) is 2.18. The molecule has 0 aliphatic carbocycles. The molecule has 0 amide bonds. The van der Waals surface area contributed by atoms with Crippen LogP contribution in [0.3, 0.4) is 0 Å². The summed E-state index contributed by atoms with van der Waals surface area (Å²) in [5, 5.41) is 3.34. The summed E-state index contributed by atoms with van der Waals surface area (Å²) in [6.45, 7) is 0.916. The lowest BCUT2D eigenvalue weighted by Crippen LogP contribution is -2.06. The third-order valence-electron chi connectivity index (χ3n) is 2.82. The molecule has 0 atom stereocenters. The molecule has 3 heteroatoms. The van der Waals surface area contributed by atoms with Crippen LogP contribution in [0.15, 0.2) is 24.3 Å².